The monoisotopic (exact) mass is 333 g/mol. The van der Waals surface area contributed by atoms with Gasteiger partial charge in [-0.05, 0) is 71.5 Å². The molecule has 0 radical (unpaired) electrons. The van der Waals surface area contributed by atoms with Gasteiger partial charge < -0.3 is 5.11 Å². The summed E-state index contributed by atoms with van der Waals surface area (Å²) in [7, 11) is 0. The molecule has 0 bridgehead atoms. The third-order valence-corrected chi connectivity index (χ3v) is 4.58. The van der Waals surface area contributed by atoms with E-state index in [0.717, 1.165) is 40.3 Å². The molecule has 1 aliphatic carbocycles. The first-order chi connectivity index (χ1) is 11.7. The van der Waals surface area contributed by atoms with Gasteiger partial charge in [0.05, 0.1) is 5.69 Å². The molecule has 1 aromatic heterocycles. The van der Waals surface area contributed by atoms with E-state index in [0.29, 0.717) is 0 Å². The Kier molecular flexibility index (Phi) is 3.83. The summed E-state index contributed by atoms with van der Waals surface area (Å²) in [5, 5.41) is 10.5. The third kappa shape index (κ3) is 2.81. The topological polar surface area (TPSA) is 33.1 Å². The molecule has 3 aromatic rings. The molecule has 0 aliphatic heterocycles. The number of rotatable bonds is 1. The third-order valence-electron chi connectivity index (χ3n) is 4.35. The van der Waals surface area contributed by atoms with Crippen LogP contribution in [-0.2, 0) is 12.8 Å². The Hall–Kier alpha value is -2.58. The zero-order valence-corrected chi connectivity index (χ0v) is 13.8. The second-order valence-electron chi connectivity index (χ2n) is 5.97. The molecule has 0 spiro atoms. The van der Waals surface area contributed by atoms with Crippen LogP contribution in [0.15, 0.2) is 60.8 Å². The van der Waals surface area contributed by atoms with Gasteiger partial charge in [0.15, 0.2) is 0 Å². The lowest BCUT2D eigenvalue weighted by atomic mass is 9.95. The quantitative estimate of drug-likeness (QED) is 0.669. The van der Waals surface area contributed by atoms with Crippen molar-refractivity contribution in [1.82, 2.24) is 4.98 Å². The van der Waals surface area contributed by atoms with Crippen molar-refractivity contribution < 1.29 is 5.11 Å². The lowest BCUT2D eigenvalue weighted by molar-refractivity contribution is 0.475. The Labute approximate surface area is 146 Å². The normalized spacial score (nSPS) is 14.8. The number of aromatic nitrogens is 1. The molecule has 1 aliphatic rings. The lowest BCUT2D eigenvalue weighted by Gasteiger charge is -2.11. The summed E-state index contributed by atoms with van der Waals surface area (Å²) in [4.78, 5) is 4.64. The van der Waals surface area contributed by atoms with Crippen molar-refractivity contribution >= 4 is 23.3 Å². The number of benzene rings is 2. The highest BCUT2D eigenvalue weighted by Gasteiger charge is 2.19. The predicted molar refractivity (Wildman–Crippen MR) is 98.2 cm³/mol. The van der Waals surface area contributed by atoms with Gasteiger partial charge in [0.25, 0.3) is 0 Å². The van der Waals surface area contributed by atoms with E-state index >= 15 is 0 Å². The van der Waals surface area contributed by atoms with Gasteiger partial charge >= 0.3 is 0 Å². The van der Waals surface area contributed by atoms with Gasteiger partial charge in [-0.1, -0.05) is 35.9 Å². The maximum absolute atomic E-state index is 9.76. The number of phenols is 1. The van der Waals surface area contributed by atoms with Gasteiger partial charge in [-0.15, -0.1) is 0 Å². The van der Waals surface area contributed by atoms with Crippen LogP contribution >= 0.6 is 11.6 Å². The molecule has 0 amide bonds. The highest BCUT2D eigenvalue weighted by Crippen LogP contribution is 2.35. The number of aromatic hydroxyl groups is 1. The number of nitrogens with zero attached hydrogens (tertiary/aromatic N) is 1. The van der Waals surface area contributed by atoms with Crippen LogP contribution in [0.1, 0.15) is 27.9 Å². The van der Waals surface area contributed by atoms with Crippen molar-refractivity contribution in [3.8, 4) is 5.75 Å². The summed E-state index contributed by atoms with van der Waals surface area (Å²) in [5.41, 5.74) is 6.63. The van der Waals surface area contributed by atoms with Gasteiger partial charge in [-0.2, -0.15) is 0 Å². The summed E-state index contributed by atoms with van der Waals surface area (Å²) in [5.74, 6) is 0.260. The van der Waals surface area contributed by atoms with Crippen LogP contribution in [0, 0.1) is 0 Å². The van der Waals surface area contributed by atoms with Gasteiger partial charge in [-0.25, -0.2) is 0 Å². The first kappa shape index (κ1) is 15.0. The second kappa shape index (κ2) is 6.14. The van der Waals surface area contributed by atoms with Crippen molar-refractivity contribution in [1.29, 1.82) is 0 Å². The highest BCUT2D eigenvalue weighted by molar-refractivity contribution is 6.30. The van der Waals surface area contributed by atoms with Crippen LogP contribution in [-0.4, -0.2) is 10.1 Å². The average Bonchev–Trinajstić information content (AvgIpc) is 2.73. The van der Waals surface area contributed by atoms with Gasteiger partial charge in [0.2, 0.25) is 0 Å². The number of hydrogen-bond donors (Lipinski definition) is 1. The fourth-order valence-corrected chi connectivity index (χ4v) is 3.43. The summed E-state index contributed by atoms with van der Waals surface area (Å²) < 4.78 is 0. The van der Waals surface area contributed by atoms with Gasteiger partial charge in [-0.3, -0.25) is 4.98 Å². The van der Waals surface area contributed by atoms with Crippen LogP contribution in [0.4, 0.5) is 0 Å². The summed E-state index contributed by atoms with van der Waals surface area (Å²) in [6.07, 6.45) is 5.79. The largest absolute Gasteiger partial charge is 0.508 e. The van der Waals surface area contributed by atoms with Crippen LogP contribution in [0.2, 0.25) is 5.02 Å². The van der Waals surface area contributed by atoms with Gasteiger partial charge in [0.1, 0.15) is 5.75 Å². The predicted octanol–water partition coefficient (Wildman–Crippen LogP) is 5.13. The van der Waals surface area contributed by atoms with Crippen molar-refractivity contribution in [2.24, 2.45) is 0 Å². The van der Waals surface area contributed by atoms with E-state index in [9.17, 15) is 5.11 Å². The fourth-order valence-electron chi connectivity index (χ4n) is 3.24. The van der Waals surface area contributed by atoms with E-state index in [1.54, 1.807) is 12.1 Å². The minimum atomic E-state index is 0.260. The minimum absolute atomic E-state index is 0.260. The SMILES string of the molecule is Oc1cccc(/C=C2/c3ccc(Cl)cc3CCc3cccnc32)c1. The van der Waals surface area contributed by atoms with E-state index < -0.39 is 0 Å². The molecule has 2 nitrogen and oxygen atoms in total. The Morgan fingerprint density at radius 3 is 2.71 bits per heavy atom. The number of pyridine rings is 1. The fraction of sp³-hybridized carbons (Fsp3) is 0.0952. The van der Waals surface area contributed by atoms with Crippen molar-refractivity contribution in [3.05, 3.63) is 93.8 Å². The lowest BCUT2D eigenvalue weighted by Crippen LogP contribution is -1.95. The average molecular weight is 334 g/mol. The number of halogens is 1. The molecular weight excluding hydrogens is 318 g/mol. The van der Waals surface area contributed by atoms with Crippen LogP contribution in [0.5, 0.6) is 5.75 Å². The zero-order valence-electron chi connectivity index (χ0n) is 13.0. The van der Waals surface area contributed by atoms with Crippen molar-refractivity contribution in [2.45, 2.75) is 12.8 Å². The van der Waals surface area contributed by atoms with Crippen LogP contribution in [0.3, 0.4) is 0 Å². The molecule has 0 saturated heterocycles. The maximum Gasteiger partial charge on any atom is 0.116 e. The minimum Gasteiger partial charge on any atom is -0.508 e. The molecule has 1 N–H and O–H groups in total. The van der Waals surface area contributed by atoms with Crippen LogP contribution < -0.4 is 0 Å². The van der Waals surface area contributed by atoms with Crippen molar-refractivity contribution in [2.75, 3.05) is 0 Å². The van der Waals surface area contributed by atoms with Gasteiger partial charge in [0, 0.05) is 16.8 Å². The van der Waals surface area contributed by atoms with Crippen LogP contribution in [0.25, 0.3) is 11.6 Å². The Balaban J connectivity index is 1.97. The van der Waals surface area contributed by atoms with E-state index in [-0.39, 0.29) is 5.75 Å². The summed E-state index contributed by atoms with van der Waals surface area (Å²) in [6, 6.07) is 17.4. The molecular formula is C21H16ClNO. The van der Waals surface area contributed by atoms with E-state index in [1.807, 2.05) is 36.5 Å². The zero-order chi connectivity index (χ0) is 16.5. The molecule has 1 heterocycles. The number of hydrogen-bond acceptors (Lipinski definition) is 2. The Bertz CT molecular complexity index is 946. The molecule has 2 aromatic carbocycles. The number of aryl methyl sites for hydroxylation is 2. The Morgan fingerprint density at radius 2 is 1.83 bits per heavy atom. The first-order valence-corrected chi connectivity index (χ1v) is 8.32. The molecule has 24 heavy (non-hydrogen) atoms. The maximum atomic E-state index is 9.76. The van der Waals surface area contributed by atoms with Crippen molar-refractivity contribution in [3.63, 3.8) is 0 Å². The first-order valence-electron chi connectivity index (χ1n) is 7.94. The Morgan fingerprint density at radius 1 is 0.958 bits per heavy atom. The second-order valence-corrected chi connectivity index (χ2v) is 6.40. The smallest absolute Gasteiger partial charge is 0.116 e. The molecule has 3 heteroatoms. The molecule has 0 atom stereocenters. The number of phenolic OH excluding ortho intramolecular Hbond substituents is 1. The molecule has 0 fully saturated rings. The van der Waals surface area contributed by atoms with E-state index in [1.165, 1.54) is 11.1 Å². The molecule has 4 rings (SSSR count). The molecule has 0 unspecified atom stereocenters. The number of fused-ring (bicyclic) bond motifs is 2. The van der Waals surface area contributed by atoms with E-state index in [2.05, 4.69) is 23.2 Å². The summed E-state index contributed by atoms with van der Waals surface area (Å²) >= 11 is 6.20. The molecule has 0 saturated carbocycles. The standard InChI is InChI=1S/C21H16ClNO/c22-17-8-9-19-16(13-17)7-6-15-4-2-10-23-21(15)20(19)12-14-3-1-5-18(24)11-14/h1-5,8-13,24H,6-7H2/b20-12-. The molecule has 118 valence electrons. The highest BCUT2D eigenvalue weighted by atomic mass is 35.5. The summed E-state index contributed by atoms with van der Waals surface area (Å²) in [6.45, 7) is 0. The van der Waals surface area contributed by atoms with E-state index in [4.69, 9.17) is 11.6 Å².